The van der Waals surface area contributed by atoms with Crippen molar-refractivity contribution in [2.75, 3.05) is 6.61 Å². The van der Waals surface area contributed by atoms with Gasteiger partial charge in [0.1, 0.15) is 11.1 Å². The summed E-state index contributed by atoms with van der Waals surface area (Å²) >= 11 is 5.66. The normalized spacial score (nSPS) is 12.8. The molecule has 0 spiro atoms. The van der Waals surface area contributed by atoms with Crippen molar-refractivity contribution in [3.05, 3.63) is 38.9 Å². The molecule has 1 aromatic rings. The zero-order valence-electron chi connectivity index (χ0n) is 13.3. The summed E-state index contributed by atoms with van der Waals surface area (Å²) < 4.78 is 4.78. The van der Waals surface area contributed by atoms with Gasteiger partial charge < -0.3 is 10.1 Å². The summed E-state index contributed by atoms with van der Waals surface area (Å²) in [5, 5.41) is 22.6. The molecule has 1 atom stereocenters. The number of benzene rings is 1. The maximum absolute atomic E-state index is 11.9. The van der Waals surface area contributed by atoms with Crippen LogP contribution in [0.1, 0.15) is 31.1 Å². The highest BCUT2D eigenvalue weighted by atomic mass is 35.5. The minimum Gasteiger partial charge on any atom is -0.452 e. The van der Waals surface area contributed by atoms with Crippen LogP contribution in [-0.2, 0) is 9.53 Å². The molecule has 0 heterocycles. The molecule has 128 valence electrons. The number of hydrogen-bond acceptors (Lipinski definition) is 6. The molecule has 0 aliphatic carbocycles. The first-order chi connectivity index (χ1) is 11.1. The predicted molar refractivity (Wildman–Crippen MR) is 85.4 cm³/mol. The highest BCUT2D eigenvalue weighted by Crippen LogP contribution is 2.24. The van der Waals surface area contributed by atoms with Gasteiger partial charge in [0.05, 0.1) is 11.0 Å². The van der Waals surface area contributed by atoms with E-state index in [1.807, 2.05) is 6.07 Å². The summed E-state index contributed by atoms with van der Waals surface area (Å²) in [7, 11) is 0. The Balaban J connectivity index is 2.79. The van der Waals surface area contributed by atoms with Crippen LogP contribution in [0.15, 0.2) is 18.2 Å². The summed E-state index contributed by atoms with van der Waals surface area (Å²) in [6, 6.07) is 5.45. The highest BCUT2D eigenvalue weighted by Gasteiger charge is 2.30. The maximum Gasteiger partial charge on any atom is 0.345 e. The third-order valence-corrected chi connectivity index (χ3v) is 3.73. The number of esters is 1. The van der Waals surface area contributed by atoms with Crippen molar-refractivity contribution < 1.29 is 19.2 Å². The van der Waals surface area contributed by atoms with Crippen LogP contribution < -0.4 is 5.32 Å². The lowest BCUT2D eigenvalue weighted by atomic mass is 9.90. The van der Waals surface area contributed by atoms with Crippen LogP contribution in [0.5, 0.6) is 0 Å². The molecule has 0 aromatic heterocycles. The third-order valence-electron chi connectivity index (χ3n) is 3.50. The summed E-state index contributed by atoms with van der Waals surface area (Å²) in [6.07, 6.45) is 0. The lowest BCUT2D eigenvalue weighted by molar-refractivity contribution is -0.385. The summed E-state index contributed by atoms with van der Waals surface area (Å²) in [4.78, 5) is 33.9. The Morgan fingerprint density at radius 2 is 2.12 bits per heavy atom. The SMILES string of the molecule is CC(C)C(C)(C#N)NC(=O)COC(=O)c1ccc(Cl)cc1[N+](=O)[O-]. The fourth-order valence-corrected chi connectivity index (χ4v) is 1.83. The topological polar surface area (TPSA) is 122 Å². The van der Waals surface area contributed by atoms with Gasteiger partial charge in [-0.3, -0.25) is 14.9 Å². The average molecular weight is 354 g/mol. The van der Waals surface area contributed by atoms with Crippen molar-refractivity contribution in [1.82, 2.24) is 5.32 Å². The molecule has 0 saturated carbocycles. The molecule has 0 bridgehead atoms. The van der Waals surface area contributed by atoms with E-state index in [2.05, 4.69) is 5.32 Å². The maximum atomic E-state index is 11.9. The predicted octanol–water partition coefficient (Wildman–Crippen LogP) is 2.46. The smallest absolute Gasteiger partial charge is 0.345 e. The largest absolute Gasteiger partial charge is 0.452 e. The van der Waals surface area contributed by atoms with Crippen molar-refractivity contribution in [2.45, 2.75) is 26.3 Å². The van der Waals surface area contributed by atoms with E-state index in [1.54, 1.807) is 20.8 Å². The standard InChI is InChI=1S/C15H16ClN3O5/c1-9(2)15(3,8-17)18-13(20)7-24-14(21)11-5-4-10(16)6-12(11)19(22)23/h4-6,9H,7H2,1-3H3,(H,18,20). The van der Waals surface area contributed by atoms with Gasteiger partial charge in [0.15, 0.2) is 6.61 Å². The van der Waals surface area contributed by atoms with Crippen molar-refractivity contribution in [3.63, 3.8) is 0 Å². The van der Waals surface area contributed by atoms with E-state index in [-0.39, 0.29) is 16.5 Å². The Labute approximate surface area is 143 Å². The Morgan fingerprint density at radius 3 is 2.62 bits per heavy atom. The van der Waals surface area contributed by atoms with E-state index in [1.165, 1.54) is 6.07 Å². The number of nitro groups is 1. The molecule has 1 amide bonds. The molecule has 0 saturated heterocycles. The number of amides is 1. The fraction of sp³-hybridized carbons (Fsp3) is 0.400. The zero-order chi connectivity index (χ0) is 18.5. The second-order valence-electron chi connectivity index (χ2n) is 5.51. The van der Waals surface area contributed by atoms with Gasteiger partial charge >= 0.3 is 5.97 Å². The van der Waals surface area contributed by atoms with Gasteiger partial charge in [0.25, 0.3) is 11.6 Å². The van der Waals surface area contributed by atoms with Gasteiger partial charge in [-0.25, -0.2) is 4.79 Å². The first-order valence-corrected chi connectivity index (χ1v) is 7.32. The van der Waals surface area contributed by atoms with E-state index in [9.17, 15) is 19.7 Å². The minimum absolute atomic E-state index is 0.0951. The van der Waals surface area contributed by atoms with Crippen LogP contribution >= 0.6 is 11.6 Å². The van der Waals surface area contributed by atoms with E-state index >= 15 is 0 Å². The zero-order valence-corrected chi connectivity index (χ0v) is 14.1. The monoisotopic (exact) mass is 353 g/mol. The van der Waals surface area contributed by atoms with Gasteiger partial charge in [-0.1, -0.05) is 25.4 Å². The molecule has 1 aromatic carbocycles. The second-order valence-corrected chi connectivity index (χ2v) is 5.95. The second kappa shape index (κ2) is 7.75. The number of hydrogen-bond donors (Lipinski definition) is 1. The van der Waals surface area contributed by atoms with E-state index in [0.29, 0.717) is 0 Å². The van der Waals surface area contributed by atoms with Crippen molar-refractivity contribution in [3.8, 4) is 6.07 Å². The van der Waals surface area contributed by atoms with Crippen LogP contribution in [0.3, 0.4) is 0 Å². The summed E-state index contributed by atoms with van der Waals surface area (Å²) in [6.45, 7) is 4.39. The van der Waals surface area contributed by atoms with Crippen molar-refractivity contribution >= 4 is 29.2 Å². The molecule has 0 aliphatic rings. The molecule has 8 nitrogen and oxygen atoms in total. The molecule has 9 heteroatoms. The first-order valence-electron chi connectivity index (χ1n) is 6.94. The number of nitrogens with zero attached hydrogens (tertiary/aromatic N) is 2. The quantitative estimate of drug-likeness (QED) is 0.476. The average Bonchev–Trinajstić information content (AvgIpc) is 2.52. The highest BCUT2D eigenvalue weighted by molar-refractivity contribution is 6.31. The summed E-state index contributed by atoms with van der Waals surface area (Å²) in [5.74, 6) is -1.88. The number of nitrogens with one attached hydrogen (secondary N) is 1. The van der Waals surface area contributed by atoms with Crippen molar-refractivity contribution in [2.24, 2.45) is 5.92 Å². The minimum atomic E-state index is -1.12. The Kier molecular flexibility index (Phi) is 6.26. The molecule has 0 fully saturated rings. The number of carbonyl (C=O) groups is 2. The molecule has 0 radical (unpaired) electrons. The van der Waals surface area contributed by atoms with Gasteiger partial charge in [0.2, 0.25) is 0 Å². The van der Waals surface area contributed by atoms with Gasteiger partial charge in [-0.15, -0.1) is 0 Å². The number of ether oxygens (including phenoxy) is 1. The molecule has 0 aliphatic heterocycles. The number of nitriles is 1. The van der Waals surface area contributed by atoms with Gasteiger partial charge in [-0.2, -0.15) is 5.26 Å². The molecule has 1 N–H and O–H groups in total. The number of halogens is 1. The van der Waals surface area contributed by atoms with Gasteiger partial charge in [-0.05, 0) is 25.0 Å². The van der Waals surface area contributed by atoms with Gasteiger partial charge in [0, 0.05) is 11.1 Å². The molecular weight excluding hydrogens is 338 g/mol. The Bertz CT molecular complexity index is 714. The Morgan fingerprint density at radius 1 is 1.50 bits per heavy atom. The molecular formula is C15H16ClN3O5. The molecule has 1 unspecified atom stereocenters. The van der Waals surface area contributed by atoms with E-state index < -0.39 is 34.6 Å². The lowest BCUT2D eigenvalue weighted by Gasteiger charge is -2.27. The lowest BCUT2D eigenvalue weighted by Crippen LogP contribution is -2.50. The van der Waals surface area contributed by atoms with E-state index in [4.69, 9.17) is 21.6 Å². The number of rotatable bonds is 6. The van der Waals surface area contributed by atoms with Crippen molar-refractivity contribution in [1.29, 1.82) is 5.26 Å². The third kappa shape index (κ3) is 4.67. The van der Waals surface area contributed by atoms with E-state index in [0.717, 1.165) is 12.1 Å². The fourth-order valence-electron chi connectivity index (χ4n) is 1.66. The summed E-state index contributed by atoms with van der Waals surface area (Å²) in [5.41, 5.74) is -1.95. The van der Waals surface area contributed by atoms with Crippen LogP contribution in [0.25, 0.3) is 0 Å². The van der Waals surface area contributed by atoms with Crippen LogP contribution in [0, 0.1) is 27.4 Å². The number of carbonyl (C=O) groups excluding carboxylic acids is 2. The van der Waals surface area contributed by atoms with Crippen LogP contribution in [0.4, 0.5) is 5.69 Å². The van der Waals surface area contributed by atoms with Crippen LogP contribution in [-0.4, -0.2) is 28.9 Å². The molecule has 1 rings (SSSR count). The molecule has 24 heavy (non-hydrogen) atoms. The Hall–Kier alpha value is -2.66. The number of nitro benzene ring substituents is 1. The first kappa shape index (κ1) is 19.4. The van der Waals surface area contributed by atoms with Crippen LogP contribution in [0.2, 0.25) is 5.02 Å².